The number of rotatable bonds is 3. The van der Waals surface area contributed by atoms with Crippen molar-refractivity contribution < 1.29 is 9.53 Å². The molecule has 0 aliphatic carbocycles. The Morgan fingerprint density at radius 2 is 2.48 bits per heavy atom. The van der Waals surface area contributed by atoms with Crippen molar-refractivity contribution in [2.24, 2.45) is 0 Å². The molecule has 3 heterocycles. The molecule has 1 aliphatic heterocycles. The van der Waals surface area contributed by atoms with Crippen LogP contribution in [0.5, 0.6) is 0 Å². The number of ether oxygens (including phenoxy) is 1. The molecule has 1 saturated heterocycles. The van der Waals surface area contributed by atoms with Crippen molar-refractivity contribution in [1.29, 1.82) is 0 Å². The van der Waals surface area contributed by atoms with Crippen LogP contribution < -0.4 is 0 Å². The highest BCUT2D eigenvalue weighted by Gasteiger charge is 2.27. The molecular formula is C14H17N5O2. The van der Waals surface area contributed by atoms with Gasteiger partial charge in [0, 0.05) is 18.9 Å². The average molecular weight is 287 g/mol. The number of nitrogens with zero attached hydrogens (tertiary/aromatic N) is 4. The molecule has 1 N–H and O–H groups in total. The van der Waals surface area contributed by atoms with Crippen molar-refractivity contribution in [3.05, 3.63) is 41.7 Å². The molecule has 2 aromatic rings. The second-order valence-electron chi connectivity index (χ2n) is 5.02. The summed E-state index contributed by atoms with van der Waals surface area (Å²) in [6.45, 7) is 3.41. The third-order valence-corrected chi connectivity index (χ3v) is 3.40. The summed E-state index contributed by atoms with van der Waals surface area (Å²) in [6, 6.07) is 3.74. The molecule has 2 aromatic heterocycles. The van der Waals surface area contributed by atoms with Gasteiger partial charge in [0.2, 0.25) is 5.91 Å². The first-order valence-electron chi connectivity index (χ1n) is 6.89. The number of aromatic nitrogens is 4. The van der Waals surface area contributed by atoms with Crippen LogP contribution in [0.25, 0.3) is 0 Å². The summed E-state index contributed by atoms with van der Waals surface area (Å²) in [4.78, 5) is 22.4. The minimum absolute atomic E-state index is 0.0727. The standard InChI is InChI=1S/C14H17N5O2/c1-10-16-14(18-17-10)12-9-19(5-6-21-12)13(20)7-11-3-2-4-15-8-11/h2-4,8,12H,5-7,9H2,1H3,(H,16,17,18). The highest BCUT2D eigenvalue weighted by molar-refractivity contribution is 5.78. The van der Waals surface area contributed by atoms with Gasteiger partial charge in [-0.2, -0.15) is 5.10 Å². The first-order valence-corrected chi connectivity index (χ1v) is 6.89. The van der Waals surface area contributed by atoms with E-state index >= 15 is 0 Å². The molecule has 7 nitrogen and oxygen atoms in total. The number of nitrogens with one attached hydrogen (secondary N) is 1. The molecule has 0 bridgehead atoms. The van der Waals surface area contributed by atoms with E-state index in [2.05, 4.69) is 20.2 Å². The molecule has 7 heteroatoms. The minimum Gasteiger partial charge on any atom is -0.366 e. The third kappa shape index (κ3) is 3.25. The third-order valence-electron chi connectivity index (χ3n) is 3.40. The highest BCUT2D eigenvalue weighted by Crippen LogP contribution is 2.19. The summed E-state index contributed by atoms with van der Waals surface area (Å²) in [5, 5.41) is 6.91. The van der Waals surface area contributed by atoms with Crippen LogP contribution in [-0.4, -0.2) is 50.7 Å². The van der Waals surface area contributed by atoms with Gasteiger partial charge in [0.1, 0.15) is 11.9 Å². The second kappa shape index (κ2) is 6.01. The number of pyridine rings is 1. The van der Waals surface area contributed by atoms with Gasteiger partial charge < -0.3 is 9.64 Å². The number of aryl methyl sites for hydroxylation is 1. The van der Waals surface area contributed by atoms with Gasteiger partial charge in [-0.05, 0) is 18.6 Å². The van der Waals surface area contributed by atoms with Crippen LogP contribution in [0.1, 0.15) is 23.3 Å². The van der Waals surface area contributed by atoms with Crippen molar-refractivity contribution in [2.45, 2.75) is 19.4 Å². The molecule has 0 spiro atoms. The van der Waals surface area contributed by atoms with E-state index in [4.69, 9.17) is 4.74 Å². The number of aromatic amines is 1. The second-order valence-corrected chi connectivity index (χ2v) is 5.02. The summed E-state index contributed by atoms with van der Waals surface area (Å²) in [7, 11) is 0. The number of carbonyl (C=O) groups excluding carboxylic acids is 1. The molecule has 0 saturated carbocycles. The van der Waals surface area contributed by atoms with E-state index in [0.717, 1.165) is 11.4 Å². The first kappa shape index (κ1) is 13.7. The van der Waals surface area contributed by atoms with Gasteiger partial charge in [-0.1, -0.05) is 6.07 Å². The Kier molecular flexibility index (Phi) is 3.92. The number of amides is 1. The monoisotopic (exact) mass is 287 g/mol. The molecule has 1 fully saturated rings. The molecule has 3 rings (SSSR count). The zero-order valence-electron chi connectivity index (χ0n) is 11.8. The molecule has 1 unspecified atom stereocenters. The molecule has 0 radical (unpaired) electrons. The summed E-state index contributed by atoms with van der Waals surface area (Å²) in [6.07, 6.45) is 3.51. The fourth-order valence-corrected chi connectivity index (χ4v) is 2.33. The lowest BCUT2D eigenvalue weighted by molar-refractivity contribution is -0.138. The van der Waals surface area contributed by atoms with Crippen molar-refractivity contribution in [2.75, 3.05) is 19.7 Å². The number of H-pyrrole nitrogens is 1. The van der Waals surface area contributed by atoms with Crippen LogP contribution in [0.2, 0.25) is 0 Å². The van der Waals surface area contributed by atoms with Crippen molar-refractivity contribution in [3.63, 3.8) is 0 Å². The maximum Gasteiger partial charge on any atom is 0.227 e. The summed E-state index contributed by atoms with van der Waals surface area (Å²) < 4.78 is 5.66. The molecular weight excluding hydrogens is 270 g/mol. The highest BCUT2D eigenvalue weighted by atomic mass is 16.5. The van der Waals surface area contributed by atoms with Gasteiger partial charge in [-0.15, -0.1) is 0 Å². The number of morpholine rings is 1. The van der Waals surface area contributed by atoms with E-state index in [9.17, 15) is 4.79 Å². The van der Waals surface area contributed by atoms with Crippen LogP contribution in [0, 0.1) is 6.92 Å². The lowest BCUT2D eigenvalue weighted by Gasteiger charge is -2.31. The van der Waals surface area contributed by atoms with E-state index in [0.29, 0.717) is 31.9 Å². The number of hydrogen-bond acceptors (Lipinski definition) is 5. The quantitative estimate of drug-likeness (QED) is 0.896. The summed E-state index contributed by atoms with van der Waals surface area (Å²) in [5.41, 5.74) is 0.916. The van der Waals surface area contributed by atoms with Crippen molar-refractivity contribution in [1.82, 2.24) is 25.1 Å². The Labute approximate surface area is 122 Å². The van der Waals surface area contributed by atoms with Gasteiger partial charge in [-0.25, -0.2) is 4.98 Å². The van der Waals surface area contributed by atoms with E-state index < -0.39 is 0 Å². The van der Waals surface area contributed by atoms with E-state index in [1.165, 1.54) is 0 Å². The Hall–Kier alpha value is -2.28. The van der Waals surface area contributed by atoms with E-state index in [1.807, 2.05) is 19.1 Å². The summed E-state index contributed by atoms with van der Waals surface area (Å²) in [5.74, 6) is 1.42. The van der Waals surface area contributed by atoms with Crippen molar-refractivity contribution in [3.8, 4) is 0 Å². The Morgan fingerprint density at radius 1 is 1.57 bits per heavy atom. The van der Waals surface area contributed by atoms with E-state index in [-0.39, 0.29) is 12.0 Å². The minimum atomic E-state index is -0.262. The van der Waals surface area contributed by atoms with E-state index in [1.54, 1.807) is 17.3 Å². The van der Waals surface area contributed by atoms with Crippen LogP contribution in [-0.2, 0) is 16.0 Å². The molecule has 1 amide bonds. The van der Waals surface area contributed by atoms with Gasteiger partial charge in [-0.3, -0.25) is 14.9 Å². The van der Waals surface area contributed by atoms with Crippen LogP contribution in [0.15, 0.2) is 24.5 Å². The number of hydrogen-bond donors (Lipinski definition) is 1. The van der Waals surface area contributed by atoms with Crippen LogP contribution in [0.3, 0.4) is 0 Å². The van der Waals surface area contributed by atoms with Crippen LogP contribution >= 0.6 is 0 Å². The smallest absolute Gasteiger partial charge is 0.227 e. The average Bonchev–Trinajstić information content (AvgIpc) is 2.95. The molecule has 0 aromatic carbocycles. The van der Waals surface area contributed by atoms with Gasteiger partial charge >= 0.3 is 0 Å². The zero-order chi connectivity index (χ0) is 14.7. The predicted octanol–water partition coefficient (Wildman–Crippen LogP) is 0.651. The normalized spacial score (nSPS) is 18.7. The van der Waals surface area contributed by atoms with Gasteiger partial charge in [0.25, 0.3) is 0 Å². The maximum atomic E-state index is 12.3. The fraction of sp³-hybridized carbons (Fsp3) is 0.429. The zero-order valence-corrected chi connectivity index (χ0v) is 11.8. The van der Waals surface area contributed by atoms with Crippen LogP contribution in [0.4, 0.5) is 0 Å². The fourth-order valence-electron chi connectivity index (χ4n) is 2.33. The Morgan fingerprint density at radius 3 is 3.19 bits per heavy atom. The number of carbonyl (C=O) groups is 1. The molecule has 110 valence electrons. The Balaban J connectivity index is 1.64. The molecule has 1 atom stereocenters. The largest absolute Gasteiger partial charge is 0.366 e. The topological polar surface area (TPSA) is 84.0 Å². The summed E-state index contributed by atoms with van der Waals surface area (Å²) >= 11 is 0. The first-order chi connectivity index (χ1) is 10.2. The maximum absolute atomic E-state index is 12.3. The lowest BCUT2D eigenvalue weighted by Crippen LogP contribution is -2.43. The van der Waals surface area contributed by atoms with Gasteiger partial charge in [0.15, 0.2) is 5.82 Å². The predicted molar refractivity (Wildman–Crippen MR) is 74.3 cm³/mol. The van der Waals surface area contributed by atoms with Gasteiger partial charge in [0.05, 0.1) is 19.6 Å². The SMILES string of the molecule is Cc1nc(C2CN(C(=O)Cc3cccnc3)CCO2)n[nH]1. The Bertz CT molecular complexity index is 613. The van der Waals surface area contributed by atoms with Crippen molar-refractivity contribution >= 4 is 5.91 Å². The lowest BCUT2D eigenvalue weighted by atomic mass is 10.1. The molecule has 1 aliphatic rings. The molecule has 21 heavy (non-hydrogen) atoms.